The van der Waals surface area contributed by atoms with Gasteiger partial charge in [-0.1, -0.05) is 24.9 Å². The number of aromatic nitrogens is 2. The number of urea groups is 1. The Bertz CT molecular complexity index is 500. The van der Waals surface area contributed by atoms with Crippen LogP contribution in [0.2, 0.25) is 0 Å². The van der Waals surface area contributed by atoms with Gasteiger partial charge >= 0.3 is 6.03 Å². The van der Waals surface area contributed by atoms with Crippen LogP contribution in [0.15, 0.2) is 10.9 Å². The molecule has 22 heavy (non-hydrogen) atoms. The van der Waals surface area contributed by atoms with Gasteiger partial charge in [-0.25, -0.2) is 9.18 Å². The van der Waals surface area contributed by atoms with Crippen molar-refractivity contribution in [3.05, 3.63) is 12.2 Å². The summed E-state index contributed by atoms with van der Waals surface area (Å²) in [6, 6.07) is -0.475. The van der Waals surface area contributed by atoms with E-state index in [9.17, 15) is 9.18 Å². The molecule has 1 aromatic heterocycles. The zero-order chi connectivity index (χ0) is 15.6. The van der Waals surface area contributed by atoms with Gasteiger partial charge in [-0.3, -0.25) is 0 Å². The molecular formula is C15H23FN4O2. The number of carbonyl (C=O) groups excluding carboxylic acids is 1. The third-order valence-corrected chi connectivity index (χ3v) is 5.05. The van der Waals surface area contributed by atoms with Crippen LogP contribution < -0.4 is 5.32 Å². The quantitative estimate of drug-likeness (QED) is 0.910. The van der Waals surface area contributed by atoms with Crippen molar-refractivity contribution < 1.29 is 13.7 Å². The largest absolute Gasteiger partial charge is 0.343 e. The van der Waals surface area contributed by atoms with Crippen molar-refractivity contribution in [1.29, 1.82) is 0 Å². The fourth-order valence-corrected chi connectivity index (χ4v) is 3.36. The number of likely N-dealkylation sites (tertiary alicyclic amines) is 1. The maximum absolute atomic E-state index is 13.8. The minimum absolute atomic E-state index is 0.148. The maximum Gasteiger partial charge on any atom is 0.317 e. The molecule has 6 nitrogen and oxygen atoms in total. The summed E-state index contributed by atoms with van der Waals surface area (Å²) in [5.74, 6) is 0.698. The monoisotopic (exact) mass is 310 g/mol. The highest BCUT2D eigenvalue weighted by Gasteiger charge is 2.37. The number of carbonyl (C=O) groups is 1. The van der Waals surface area contributed by atoms with Crippen molar-refractivity contribution in [3.8, 4) is 0 Å². The molecule has 0 radical (unpaired) electrons. The third kappa shape index (κ3) is 3.08. The van der Waals surface area contributed by atoms with Crippen LogP contribution in [0.3, 0.4) is 0 Å². The molecule has 0 bridgehead atoms. The first kappa shape index (κ1) is 15.2. The van der Waals surface area contributed by atoms with Crippen molar-refractivity contribution in [2.75, 3.05) is 13.1 Å². The molecule has 1 aliphatic heterocycles. The van der Waals surface area contributed by atoms with Crippen LogP contribution in [0.4, 0.5) is 9.18 Å². The Labute approximate surface area is 129 Å². The van der Waals surface area contributed by atoms with Crippen molar-refractivity contribution in [3.63, 3.8) is 0 Å². The van der Waals surface area contributed by atoms with Gasteiger partial charge in [0.2, 0.25) is 6.39 Å². The van der Waals surface area contributed by atoms with E-state index < -0.39 is 6.17 Å². The Morgan fingerprint density at radius 2 is 2.14 bits per heavy atom. The van der Waals surface area contributed by atoms with Crippen molar-refractivity contribution >= 4 is 6.03 Å². The van der Waals surface area contributed by atoms with Crippen LogP contribution in [-0.2, 0) is 5.41 Å². The second-order valence-corrected chi connectivity index (χ2v) is 6.66. The lowest BCUT2D eigenvalue weighted by Crippen LogP contribution is -2.52. The Morgan fingerprint density at radius 1 is 1.41 bits per heavy atom. The van der Waals surface area contributed by atoms with Gasteiger partial charge in [-0.05, 0) is 25.7 Å². The molecule has 2 fully saturated rings. The summed E-state index contributed by atoms with van der Waals surface area (Å²) < 4.78 is 18.6. The predicted octanol–water partition coefficient (Wildman–Crippen LogP) is 2.41. The van der Waals surface area contributed by atoms with Gasteiger partial charge in [0.15, 0.2) is 5.82 Å². The summed E-state index contributed by atoms with van der Waals surface area (Å²) in [5, 5.41) is 6.79. The summed E-state index contributed by atoms with van der Waals surface area (Å²) in [7, 11) is 0. The van der Waals surface area contributed by atoms with Gasteiger partial charge in [0.25, 0.3) is 0 Å². The molecule has 3 rings (SSSR count). The molecule has 2 heterocycles. The molecule has 2 atom stereocenters. The number of nitrogens with zero attached hydrogens (tertiary/aromatic N) is 3. The first-order chi connectivity index (χ1) is 10.6. The van der Waals surface area contributed by atoms with Crippen LogP contribution in [0.25, 0.3) is 0 Å². The van der Waals surface area contributed by atoms with Gasteiger partial charge in [-0.2, -0.15) is 4.98 Å². The van der Waals surface area contributed by atoms with E-state index in [4.69, 9.17) is 4.52 Å². The number of alkyl halides is 1. The minimum atomic E-state index is -0.910. The zero-order valence-corrected chi connectivity index (χ0v) is 12.9. The molecule has 1 N–H and O–H groups in total. The second-order valence-electron chi connectivity index (χ2n) is 6.66. The van der Waals surface area contributed by atoms with Gasteiger partial charge < -0.3 is 14.7 Å². The molecule has 2 unspecified atom stereocenters. The Hall–Kier alpha value is -1.66. The summed E-state index contributed by atoms with van der Waals surface area (Å²) in [6.45, 7) is 3.34. The SMILES string of the molecule is CC1(c2ncon2)CCN(C(=O)NC2CCCCC2F)CC1. The number of hydrogen-bond acceptors (Lipinski definition) is 4. The third-order valence-electron chi connectivity index (χ3n) is 5.05. The number of nitrogens with one attached hydrogen (secondary N) is 1. The standard InChI is InChI=1S/C15H23FN4O2/c1-15(13-17-10-22-19-13)6-8-20(9-7-15)14(21)18-12-5-3-2-4-11(12)16/h10-12H,2-9H2,1H3,(H,18,21). The van der Waals surface area contributed by atoms with Gasteiger partial charge in [0.1, 0.15) is 6.17 Å². The summed E-state index contributed by atoms with van der Waals surface area (Å²) in [6.07, 6.45) is 5.19. The molecule has 7 heteroatoms. The molecule has 1 saturated heterocycles. The van der Waals surface area contributed by atoms with Crippen LogP contribution in [0, 0.1) is 0 Å². The van der Waals surface area contributed by atoms with E-state index in [-0.39, 0.29) is 17.5 Å². The molecular weight excluding hydrogens is 287 g/mol. The van der Waals surface area contributed by atoms with Crippen LogP contribution in [0.1, 0.15) is 51.3 Å². The smallest absolute Gasteiger partial charge is 0.317 e. The summed E-state index contributed by atoms with van der Waals surface area (Å²) >= 11 is 0. The van der Waals surface area contributed by atoms with Crippen LogP contribution in [-0.4, -0.2) is 46.4 Å². The number of amides is 2. The van der Waals surface area contributed by atoms with E-state index in [0.717, 1.165) is 32.1 Å². The maximum atomic E-state index is 13.8. The van der Waals surface area contributed by atoms with Crippen molar-refractivity contribution in [1.82, 2.24) is 20.4 Å². The first-order valence-corrected chi connectivity index (χ1v) is 8.05. The molecule has 2 amide bonds. The van der Waals surface area contributed by atoms with E-state index in [2.05, 4.69) is 22.4 Å². The summed E-state index contributed by atoms with van der Waals surface area (Å²) in [4.78, 5) is 18.2. The van der Waals surface area contributed by atoms with Crippen molar-refractivity contribution in [2.24, 2.45) is 0 Å². The van der Waals surface area contributed by atoms with Crippen LogP contribution >= 0.6 is 0 Å². The highest BCUT2D eigenvalue weighted by Crippen LogP contribution is 2.32. The molecule has 0 spiro atoms. The minimum Gasteiger partial charge on any atom is -0.343 e. The Morgan fingerprint density at radius 3 is 2.77 bits per heavy atom. The zero-order valence-electron chi connectivity index (χ0n) is 12.9. The molecule has 2 aliphatic rings. The number of piperidine rings is 1. The lowest BCUT2D eigenvalue weighted by atomic mass is 9.80. The lowest BCUT2D eigenvalue weighted by Gasteiger charge is -2.38. The van der Waals surface area contributed by atoms with Crippen molar-refractivity contribution in [2.45, 2.75) is 63.1 Å². The van der Waals surface area contributed by atoms with E-state index in [0.29, 0.717) is 25.3 Å². The van der Waals surface area contributed by atoms with Gasteiger partial charge in [0, 0.05) is 18.5 Å². The Balaban J connectivity index is 1.53. The molecule has 0 aromatic carbocycles. The van der Waals surface area contributed by atoms with E-state index in [1.165, 1.54) is 6.39 Å². The second kappa shape index (κ2) is 6.22. The summed E-state index contributed by atoms with van der Waals surface area (Å²) in [5.41, 5.74) is -0.156. The number of hydrogen-bond donors (Lipinski definition) is 1. The van der Waals surface area contributed by atoms with E-state index >= 15 is 0 Å². The lowest BCUT2D eigenvalue weighted by molar-refractivity contribution is 0.139. The number of halogens is 1. The fourth-order valence-electron chi connectivity index (χ4n) is 3.36. The first-order valence-electron chi connectivity index (χ1n) is 8.05. The molecule has 1 saturated carbocycles. The highest BCUT2D eigenvalue weighted by atomic mass is 19.1. The molecule has 1 aliphatic carbocycles. The van der Waals surface area contributed by atoms with Gasteiger partial charge in [0.05, 0.1) is 6.04 Å². The topological polar surface area (TPSA) is 71.3 Å². The molecule has 122 valence electrons. The average molecular weight is 310 g/mol. The normalized spacial score (nSPS) is 28.4. The Kier molecular flexibility index (Phi) is 4.31. The predicted molar refractivity (Wildman–Crippen MR) is 78.1 cm³/mol. The number of rotatable bonds is 2. The molecule has 1 aromatic rings. The average Bonchev–Trinajstić information content (AvgIpc) is 3.05. The fraction of sp³-hybridized carbons (Fsp3) is 0.800. The highest BCUT2D eigenvalue weighted by molar-refractivity contribution is 5.74. The van der Waals surface area contributed by atoms with Gasteiger partial charge in [-0.15, -0.1) is 0 Å². The van der Waals surface area contributed by atoms with Crippen LogP contribution in [0.5, 0.6) is 0 Å². The van der Waals surface area contributed by atoms with E-state index in [1.54, 1.807) is 4.90 Å². The van der Waals surface area contributed by atoms with E-state index in [1.807, 2.05) is 0 Å².